The van der Waals surface area contributed by atoms with E-state index in [1.165, 1.54) is 6.92 Å². The van der Waals surface area contributed by atoms with Crippen molar-refractivity contribution in [1.29, 1.82) is 0 Å². The number of carbonyl (C=O) groups excluding carboxylic acids is 2. The first-order chi connectivity index (χ1) is 11.0. The summed E-state index contributed by atoms with van der Waals surface area (Å²) in [7, 11) is 0. The summed E-state index contributed by atoms with van der Waals surface area (Å²) < 4.78 is 21.1. The van der Waals surface area contributed by atoms with Gasteiger partial charge in [-0.2, -0.15) is 0 Å². The van der Waals surface area contributed by atoms with Crippen LogP contribution in [0, 0.1) is 0 Å². The normalized spacial score (nSPS) is 11.0. The molecule has 0 aromatic carbocycles. The van der Waals surface area contributed by atoms with Gasteiger partial charge in [-0.15, -0.1) is 0 Å². The van der Waals surface area contributed by atoms with Gasteiger partial charge in [0, 0.05) is 19.4 Å². The van der Waals surface area contributed by atoms with Gasteiger partial charge in [0.15, 0.2) is 0 Å². The van der Waals surface area contributed by atoms with E-state index in [0.29, 0.717) is 65.6 Å². The molecule has 7 nitrogen and oxygen atoms in total. The molecule has 0 saturated heterocycles. The zero-order chi connectivity index (χ0) is 17.3. The summed E-state index contributed by atoms with van der Waals surface area (Å²) >= 11 is 0. The van der Waals surface area contributed by atoms with Crippen molar-refractivity contribution in [1.82, 2.24) is 5.32 Å². The van der Waals surface area contributed by atoms with Gasteiger partial charge >= 0.3 is 0 Å². The minimum Gasteiger partial charge on any atom is -0.379 e. The maximum absolute atomic E-state index is 11.5. The Morgan fingerprint density at radius 1 is 0.826 bits per heavy atom. The van der Waals surface area contributed by atoms with Crippen LogP contribution in [-0.4, -0.2) is 70.6 Å². The summed E-state index contributed by atoms with van der Waals surface area (Å²) in [4.78, 5) is 22.2. The molecule has 0 spiro atoms. The molecule has 0 aromatic rings. The number of carbonyl (C=O) groups is 2. The van der Waals surface area contributed by atoms with Crippen LogP contribution >= 0.6 is 0 Å². The van der Waals surface area contributed by atoms with Crippen molar-refractivity contribution in [3.8, 4) is 0 Å². The van der Waals surface area contributed by atoms with Crippen LogP contribution in [-0.2, 0) is 28.5 Å². The first-order valence-electron chi connectivity index (χ1n) is 8.13. The van der Waals surface area contributed by atoms with E-state index in [4.69, 9.17) is 18.9 Å². The quantitative estimate of drug-likeness (QED) is 0.423. The van der Waals surface area contributed by atoms with Crippen molar-refractivity contribution < 1.29 is 28.5 Å². The second kappa shape index (κ2) is 15.9. The van der Waals surface area contributed by atoms with Crippen molar-refractivity contribution in [3.63, 3.8) is 0 Å². The molecule has 1 N–H and O–H groups in total. The molecule has 0 rings (SSSR count). The highest BCUT2D eigenvalue weighted by molar-refractivity contribution is 5.76. The number of Topliss-reactive ketones (excluding diaryl/α,β-unsaturated/α-hetero) is 1. The summed E-state index contributed by atoms with van der Waals surface area (Å²) in [5.41, 5.74) is 0. The zero-order valence-corrected chi connectivity index (χ0v) is 14.6. The van der Waals surface area contributed by atoms with Crippen LogP contribution in [0.4, 0.5) is 0 Å². The Morgan fingerprint density at radius 2 is 1.39 bits per heavy atom. The largest absolute Gasteiger partial charge is 0.379 e. The van der Waals surface area contributed by atoms with Gasteiger partial charge in [-0.05, 0) is 20.8 Å². The van der Waals surface area contributed by atoms with Crippen molar-refractivity contribution >= 4 is 11.7 Å². The topological polar surface area (TPSA) is 83.1 Å². The van der Waals surface area contributed by atoms with E-state index in [2.05, 4.69) is 5.32 Å². The molecule has 136 valence electrons. The van der Waals surface area contributed by atoms with Gasteiger partial charge in [-0.25, -0.2) is 0 Å². The first kappa shape index (κ1) is 22.0. The molecule has 0 aromatic heterocycles. The fourth-order valence-corrected chi connectivity index (χ4v) is 1.50. The molecule has 0 heterocycles. The number of ketones is 1. The Morgan fingerprint density at radius 3 is 2.00 bits per heavy atom. The van der Waals surface area contributed by atoms with E-state index < -0.39 is 0 Å². The number of amides is 1. The van der Waals surface area contributed by atoms with Crippen molar-refractivity contribution in [3.05, 3.63) is 0 Å². The number of rotatable bonds is 16. The lowest BCUT2D eigenvalue weighted by Crippen LogP contribution is -2.28. The summed E-state index contributed by atoms with van der Waals surface area (Å²) in [6.45, 7) is 9.12. The number of hydrogen-bond donors (Lipinski definition) is 1. The fourth-order valence-electron chi connectivity index (χ4n) is 1.50. The highest BCUT2D eigenvalue weighted by Gasteiger charge is 2.01. The summed E-state index contributed by atoms with van der Waals surface area (Å²) in [5.74, 6) is 0.0566. The average Bonchev–Trinajstić information content (AvgIpc) is 2.48. The molecule has 0 bridgehead atoms. The third-order valence-corrected chi connectivity index (χ3v) is 2.69. The highest BCUT2D eigenvalue weighted by atomic mass is 16.5. The lowest BCUT2D eigenvalue weighted by atomic mass is 10.3. The highest BCUT2D eigenvalue weighted by Crippen LogP contribution is 1.89. The lowest BCUT2D eigenvalue weighted by Gasteiger charge is -2.09. The van der Waals surface area contributed by atoms with Crippen molar-refractivity contribution in [2.75, 3.05) is 52.8 Å². The van der Waals surface area contributed by atoms with Gasteiger partial charge in [-0.1, -0.05) is 0 Å². The van der Waals surface area contributed by atoms with Gasteiger partial charge in [0.25, 0.3) is 0 Å². The molecule has 0 aliphatic heterocycles. The van der Waals surface area contributed by atoms with E-state index in [-0.39, 0.29) is 17.8 Å². The molecule has 0 fully saturated rings. The second-order valence-electron chi connectivity index (χ2n) is 5.31. The van der Waals surface area contributed by atoms with Crippen molar-refractivity contribution in [2.45, 2.75) is 39.7 Å². The molecular weight excluding hydrogens is 302 g/mol. The third kappa shape index (κ3) is 18.9. The Bertz CT molecular complexity index is 309. The maximum Gasteiger partial charge on any atom is 0.222 e. The molecule has 7 heteroatoms. The summed E-state index contributed by atoms with van der Waals surface area (Å²) in [6.07, 6.45) is 0.957. The van der Waals surface area contributed by atoms with E-state index >= 15 is 0 Å². The minimum absolute atomic E-state index is 0.0592. The Balaban J connectivity index is 3.20. The van der Waals surface area contributed by atoms with Gasteiger partial charge < -0.3 is 24.3 Å². The lowest BCUT2D eigenvalue weighted by molar-refractivity contribution is -0.122. The average molecular weight is 333 g/mol. The van der Waals surface area contributed by atoms with Crippen LogP contribution in [0.5, 0.6) is 0 Å². The van der Waals surface area contributed by atoms with Gasteiger partial charge in [0.2, 0.25) is 5.91 Å². The van der Waals surface area contributed by atoms with Gasteiger partial charge in [0.05, 0.1) is 52.4 Å². The standard InChI is InChI=1S/C16H31NO6/c1-14(2)23-13-12-21-8-5-16(19)17-6-9-22-11-10-20-7-4-15(3)18/h14H,4-13H2,1-3H3,(H,17,19). The summed E-state index contributed by atoms with van der Waals surface area (Å²) in [5, 5.41) is 2.75. The van der Waals surface area contributed by atoms with E-state index in [1.807, 2.05) is 13.8 Å². The molecule has 1 amide bonds. The molecule has 0 saturated carbocycles. The molecule has 0 unspecified atom stereocenters. The monoisotopic (exact) mass is 333 g/mol. The molecule has 23 heavy (non-hydrogen) atoms. The van der Waals surface area contributed by atoms with E-state index in [1.54, 1.807) is 0 Å². The maximum atomic E-state index is 11.5. The van der Waals surface area contributed by atoms with Crippen LogP contribution in [0.25, 0.3) is 0 Å². The van der Waals surface area contributed by atoms with Crippen LogP contribution in [0.3, 0.4) is 0 Å². The molecule has 0 radical (unpaired) electrons. The smallest absolute Gasteiger partial charge is 0.222 e. The zero-order valence-electron chi connectivity index (χ0n) is 14.6. The van der Waals surface area contributed by atoms with Crippen LogP contribution in [0.15, 0.2) is 0 Å². The molecule has 0 aliphatic rings. The van der Waals surface area contributed by atoms with Crippen molar-refractivity contribution in [2.24, 2.45) is 0 Å². The number of nitrogens with one attached hydrogen (secondary N) is 1. The van der Waals surface area contributed by atoms with E-state index in [0.717, 1.165) is 0 Å². The molecular formula is C16H31NO6. The Labute approximate surface area is 139 Å². The number of ether oxygens (including phenoxy) is 4. The second-order valence-corrected chi connectivity index (χ2v) is 5.31. The minimum atomic E-state index is -0.0592. The molecule has 0 aliphatic carbocycles. The predicted octanol–water partition coefficient (Wildman–Crippen LogP) is 0.947. The SMILES string of the molecule is CC(=O)CCOCCOCCNC(=O)CCOCCOC(C)C. The summed E-state index contributed by atoms with van der Waals surface area (Å²) in [6, 6.07) is 0. The van der Waals surface area contributed by atoms with Crippen LogP contribution in [0.1, 0.15) is 33.6 Å². The number of hydrogen-bond acceptors (Lipinski definition) is 6. The Hall–Kier alpha value is -1.02. The van der Waals surface area contributed by atoms with Crippen LogP contribution < -0.4 is 5.32 Å². The van der Waals surface area contributed by atoms with E-state index in [9.17, 15) is 9.59 Å². The Kier molecular flexibility index (Phi) is 15.2. The van der Waals surface area contributed by atoms with Gasteiger partial charge in [-0.3, -0.25) is 9.59 Å². The van der Waals surface area contributed by atoms with Gasteiger partial charge in [0.1, 0.15) is 5.78 Å². The molecule has 0 atom stereocenters. The predicted molar refractivity (Wildman–Crippen MR) is 86.5 cm³/mol. The van der Waals surface area contributed by atoms with Crippen LogP contribution in [0.2, 0.25) is 0 Å². The fraction of sp³-hybridized carbons (Fsp3) is 0.875. The third-order valence-electron chi connectivity index (χ3n) is 2.69. The first-order valence-corrected chi connectivity index (χ1v) is 8.13.